The van der Waals surface area contributed by atoms with E-state index in [0.29, 0.717) is 12.2 Å². The SMILES string of the molecule is CCOc1ccccc1-c1cccc(C(=O)Nc2nn[nH]n2)c1. The molecular weight excluding hydrogens is 294 g/mol. The summed E-state index contributed by atoms with van der Waals surface area (Å²) in [7, 11) is 0. The Kier molecular flexibility index (Phi) is 4.28. The predicted octanol–water partition coefficient (Wildman–Crippen LogP) is 2.52. The van der Waals surface area contributed by atoms with Crippen LogP contribution in [-0.4, -0.2) is 33.1 Å². The lowest BCUT2D eigenvalue weighted by Gasteiger charge is -2.11. The third-order valence-corrected chi connectivity index (χ3v) is 3.19. The van der Waals surface area contributed by atoms with Crippen LogP contribution in [0, 0.1) is 0 Å². The zero-order valence-electron chi connectivity index (χ0n) is 12.5. The van der Waals surface area contributed by atoms with Crippen LogP contribution in [0.3, 0.4) is 0 Å². The number of ether oxygens (including phenoxy) is 1. The molecule has 1 aromatic heterocycles. The lowest BCUT2D eigenvalue weighted by Crippen LogP contribution is -2.13. The number of rotatable bonds is 5. The van der Waals surface area contributed by atoms with Gasteiger partial charge in [-0.1, -0.05) is 35.4 Å². The normalized spacial score (nSPS) is 10.3. The minimum Gasteiger partial charge on any atom is -0.493 e. The molecule has 0 saturated heterocycles. The van der Waals surface area contributed by atoms with Crippen LogP contribution in [-0.2, 0) is 0 Å². The van der Waals surface area contributed by atoms with Crippen LogP contribution in [0.15, 0.2) is 48.5 Å². The van der Waals surface area contributed by atoms with Gasteiger partial charge in [0.15, 0.2) is 0 Å². The van der Waals surface area contributed by atoms with Gasteiger partial charge in [0.05, 0.1) is 6.61 Å². The van der Waals surface area contributed by atoms with Crippen LogP contribution >= 0.6 is 0 Å². The highest BCUT2D eigenvalue weighted by Gasteiger charge is 2.11. The van der Waals surface area contributed by atoms with Gasteiger partial charge in [0.2, 0.25) is 0 Å². The first-order valence-corrected chi connectivity index (χ1v) is 7.15. The standard InChI is InChI=1S/C16H15N5O2/c1-2-23-14-9-4-3-8-13(14)11-6-5-7-12(10-11)15(22)17-16-18-20-21-19-16/h3-10H,2H2,1H3,(H2,17,18,19,20,21,22). The van der Waals surface area contributed by atoms with Gasteiger partial charge >= 0.3 is 0 Å². The summed E-state index contributed by atoms with van der Waals surface area (Å²) < 4.78 is 5.64. The maximum atomic E-state index is 12.2. The molecule has 3 aromatic rings. The highest BCUT2D eigenvalue weighted by Crippen LogP contribution is 2.30. The van der Waals surface area contributed by atoms with Gasteiger partial charge in [0.25, 0.3) is 11.9 Å². The fourth-order valence-corrected chi connectivity index (χ4v) is 2.20. The summed E-state index contributed by atoms with van der Waals surface area (Å²) in [5, 5.41) is 15.7. The van der Waals surface area contributed by atoms with Crippen molar-refractivity contribution in [2.75, 3.05) is 11.9 Å². The number of aromatic nitrogens is 4. The van der Waals surface area contributed by atoms with Crippen LogP contribution in [0.5, 0.6) is 5.75 Å². The molecule has 1 heterocycles. The maximum Gasteiger partial charge on any atom is 0.270 e. The van der Waals surface area contributed by atoms with Crippen LogP contribution in [0.1, 0.15) is 17.3 Å². The van der Waals surface area contributed by atoms with Gasteiger partial charge in [-0.25, -0.2) is 0 Å². The van der Waals surface area contributed by atoms with Gasteiger partial charge in [0.1, 0.15) is 5.75 Å². The Morgan fingerprint density at radius 2 is 2.09 bits per heavy atom. The molecule has 0 saturated carbocycles. The van der Waals surface area contributed by atoms with Crippen LogP contribution in [0.25, 0.3) is 11.1 Å². The molecule has 0 radical (unpaired) electrons. The first-order valence-electron chi connectivity index (χ1n) is 7.15. The molecule has 23 heavy (non-hydrogen) atoms. The van der Waals surface area contributed by atoms with Crippen molar-refractivity contribution < 1.29 is 9.53 Å². The Hall–Kier alpha value is -3.22. The third kappa shape index (κ3) is 3.34. The van der Waals surface area contributed by atoms with E-state index < -0.39 is 0 Å². The number of hydrogen-bond donors (Lipinski definition) is 2. The third-order valence-electron chi connectivity index (χ3n) is 3.19. The van der Waals surface area contributed by atoms with E-state index in [1.165, 1.54) is 0 Å². The number of tetrazole rings is 1. The molecule has 7 heteroatoms. The van der Waals surface area contributed by atoms with E-state index in [0.717, 1.165) is 16.9 Å². The fraction of sp³-hybridized carbons (Fsp3) is 0.125. The van der Waals surface area contributed by atoms with Crippen molar-refractivity contribution in [1.29, 1.82) is 0 Å². The number of para-hydroxylation sites is 1. The second kappa shape index (κ2) is 6.69. The molecule has 0 aliphatic carbocycles. The molecular formula is C16H15N5O2. The number of anilines is 1. The summed E-state index contributed by atoms with van der Waals surface area (Å²) in [6.45, 7) is 2.51. The highest BCUT2D eigenvalue weighted by atomic mass is 16.5. The number of carbonyl (C=O) groups is 1. The van der Waals surface area contributed by atoms with E-state index in [4.69, 9.17) is 4.74 Å². The summed E-state index contributed by atoms with van der Waals surface area (Å²) >= 11 is 0. The maximum absolute atomic E-state index is 12.2. The van der Waals surface area contributed by atoms with Crippen LogP contribution in [0.2, 0.25) is 0 Å². The smallest absolute Gasteiger partial charge is 0.270 e. The number of nitrogens with one attached hydrogen (secondary N) is 2. The zero-order chi connectivity index (χ0) is 16.1. The minimum atomic E-state index is -0.304. The summed E-state index contributed by atoms with van der Waals surface area (Å²) in [4.78, 5) is 12.2. The molecule has 7 nitrogen and oxygen atoms in total. The number of nitrogens with zero attached hydrogens (tertiary/aromatic N) is 3. The minimum absolute atomic E-state index is 0.134. The van der Waals surface area contributed by atoms with E-state index in [2.05, 4.69) is 25.9 Å². The van der Waals surface area contributed by atoms with Crippen molar-refractivity contribution in [2.24, 2.45) is 0 Å². The summed E-state index contributed by atoms with van der Waals surface area (Å²) in [5.41, 5.74) is 2.33. The lowest BCUT2D eigenvalue weighted by molar-refractivity contribution is 0.102. The van der Waals surface area contributed by atoms with Crippen LogP contribution in [0.4, 0.5) is 5.95 Å². The fourth-order valence-electron chi connectivity index (χ4n) is 2.20. The number of aromatic amines is 1. The Morgan fingerprint density at radius 3 is 2.87 bits per heavy atom. The molecule has 116 valence electrons. The predicted molar refractivity (Wildman–Crippen MR) is 85.2 cm³/mol. The van der Waals surface area contributed by atoms with Gasteiger partial charge in [-0.05, 0) is 35.9 Å². The van der Waals surface area contributed by atoms with E-state index in [1.54, 1.807) is 12.1 Å². The molecule has 0 atom stereocenters. The molecule has 0 bridgehead atoms. The summed E-state index contributed by atoms with van der Waals surface area (Å²) in [6, 6.07) is 15.0. The Bertz CT molecular complexity index is 802. The monoisotopic (exact) mass is 309 g/mol. The van der Waals surface area contributed by atoms with Crippen molar-refractivity contribution in [3.05, 3.63) is 54.1 Å². The van der Waals surface area contributed by atoms with Crippen molar-refractivity contribution in [3.63, 3.8) is 0 Å². The average molecular weight is 309 g/mol. The Labute approximate surface area is 132 Å². The first kappa shape index (κ1) is 14.7. The van der Waals surface area contributed by atoms with Gasteiger partial charge < -0.3 is 4.74 Å². The van der Waals surface area contributed by atoms with Crippen molar-refractivity contribution in [3.8, 4) is 16.9 Å². The van der Waals surface area contributed by atoms with E-state index in [1.807, 2.05) is 43.3 Å². The summed E-state index contributed by atoms with van der Waals surface area (Å²) in [6.07, 6.45) is 0. The quantitative estimate of drug-likeness (QED) is 0.755. The number of benzene rings is 2. The molecule has 0 spiro atoms. The molecule has 2 N–H and O–H groups in total. The molecule has 1 amide bonds. The Balaban J connectivity index is 1.89. The second-order valence-corrected chi connectivity index (χ2v) is 4.70. The molecule has 3 rings (SSSR count). The molecule has 0 aliphatic rings. The van der Waals surface area contributed by atoms with Crippen molar-refractivity contribution >= 4 is 11.9 Å². The van der Waals surface area contributed by atoms with Crippen molar-refractivity contribution in [2.45, 2.75) is 6.92 Å². The Morgan fingerprint density at radius 1 is 1.22 bits per heavy atom. The van der Waals surface area contributed by atoms with Crippen molar-refractivity contribution in [1.82, 2.24) is 20.6 Å². The summed E-state index contributed by atoms with van der Waals surface area (Å²) in [5.74, 6) is 0.614. The number of amides is 1. The van der Waals surface area contributed by atoms with E-state index in [-0.39, 0.29) is 11.9 Å². The molecule has 2 aromatic carbocycles. The largest absolute Gasteiger partial charge is 0.493 e. The number of H-pyrrole nitrogens is 1. The van der Waals surface area contributed by atoms with Gasteiger partial charge in [-0.2, -0.15) is 5.21 Å². The topological polar surface area (TPSA) is 92.8 Å². The lowest BCUT2D eigenvalue weighted by atomic mass is 10.0. The molecule has 0 unspecified atom stereocenters. The zero-order valence-corrected chi connectivity index (χ0v) is 12.5. The molecule has 0 aliphatic heterocycles. The van der Waals surface area contributed by atoms with Crippen LogP contribution < -0.4 is 10.1 Å². The number of carbonyl (C=O) groups excluding carboxylic acids is 1. The van der Waals surface area contributed by atoms with Gasteiger partial charge in [0, 0.05) is 11.1 Å². The van der Waals surface area contributed by atoms with E-state index in [9.17, 15) is 4.79 Å². The van der Waals surface area contributed by atoms with Gasteiger partial charge in [-0.3, -0.25) is 10.1 Å². The average Bonchev–Trinajstić information content (AvgIpc) is 3.09. The molecule has 0 fully saturated rings. The van der Waals surface area contributed by atoms with Gasteiger partial charge in [-0.15, -0.1) is 5.10 Å². The first-order chi connectivity index (χ1) is 11.3. The number of hydrogen-bond acceptors (Lipinski definition) is 5. The highest BCUT2D eigenvalue weighted by molar-refractivity contribution is 6.04. The second-order valence-electron chi connectivity index (χ2n) is 4.70. The van der Waals surface area contributed by atoms with E-state index >= 15 is 0 Å².